The normalized spacial score (nSPS) is 11.7. The van der Waals surface area contributed by atoms with E-state index in [4.69, 9.17) is 9.84 Å². The van der Waals surface area contributed by atoms with E-state index < -0.39 is 18.0 Å². The standard InChI is InChI=1S/C12H16N2O4S/c1-18-7-10(11(15)16)14-12(17)13-8-3-5-9(19-2)6-4-8/h3-6,10H,7H2,1-2H3,(H,15,16)(H2,13,14,17). The van der Waals surface area contributed by atoms with E-state index in [1.165, 1.54) is 7.11 Å². The molecule has 0 bridgehead atoms. The van der Waals surface area contributed by atoms with Crippen molar-refractivity contribution in [3.8, 4) is 0 Å². The lowest BCUT2D eigenvalue weighted by Gasteiger charge is -2.14. The maximum atomic E-state index is 11.6. The molecule has 0 fully saturated rings. The van der Waals surface area contributed by atoms with Gasteiger partial charge in [0.2, 0.25) is 0 Å². The second-order valence-corrected chi connectivity index (χ2v) is 4.55. The van der Waals surface area contributed by atoms with Crippen LogP contribution >= 0.6 is 11.8 Å². The van der Waals surface area contributed by atoms with Crippen LogP contribution in [0.5, 0.6) is 0 Å². The van der Waals surface area contributed by atoms with Gasteiger partial charge < -0.3 is 20.5 Å². The third kappa shape index (κ3) is 5.19. The molecule has 1 aromatic carbocycles. The largest absolute Gasteiger partial charge is 0.480 e. The van der Waals surface area contributed by atoms with Crippen molar-refractivity contribution in [3.63, 3.8) is 0 Å². The van der Waals surface area contributed by atoms with Gasteiger partial charge >= 0.3 is 12.0 Å². The summed E-state index contributed by atoms with van der Waals surface area (Å²) < 4.78 is 4.72. The monoisotopic (exact) mass is 284 g/mol. The van der Waals surface area contributed by atoms with E-state index in [1.54, 1.807) is 23.9 Å². The summed E-state index contributed by atoms with van der Waals surface area (Å²) in [5.74, 6) is -1.14. The van der Waals surface area contributed by atoms with Gasteiger partial charge in [0.25, 0.3) is 0 Å². The first kappa shape index (κ1) is 15.3. The number of carboxylic acid groups (broad SMARTS) is 1. The van der Waals surface area contributed by atoms with Crippen molar-refractivity contribution in [2.24, 2.45) is 0 Å². The summed E-state index contributed by atoms with van der Waals surface area (Å²) in [6.45, 7) is -0.0891. The number of hydrogen-bond donors (Lipinski definition) is 3. The van der Waals surface area contributed by atoms with Crippen LogP contribution in [-0.2, 0) is 9.53 Å². The number of amides is 2. The van der Waals surface area contributed by atoms with Gasteiger partial charge in [0.1, 0.15) is 0 Å². The molecule has 1 rings (SSSR count). The molecule has 0 aliphatic carbocycles. The molecular formula is C12H16N2O4S. The summed E-state index contributed by atoms with van der Waals surface area (Å²) in [5, 5.41) is 13.7. The maximum absolute atomic E-state index is 11.6. The van der Waals surface area contributed by atoms with Gasteiger partial charge in [-0.3, -0.25) is 0 Å². The van der Waals surface area contributed by atoms with Crippen molar-refractivity contribution in [1.82, 2.24) is 5.32 Å². The van der Waals surface area contributed by atoms with Gasteiger partial charge in [-0.1, -0.05) is 0 Å². The third-order valence-corrected chi connectivity index (χ3v) is 3.03. The molecular weight excluding hydrogens is 268 g/mol. The first-order chi connectivity index (χ1) is 9.06. The van der Waals surface area contributed by atoms with Crippen LogP contribution in [0.4, 0.5) is 10.5 Å². The van der Waals surface area contributed by atoms with E-state index >= 15 is 0 Å². The number of carbonyl (C=O) groups excluding carboxylic acids is 1. The van der Waals surface area contributed by atoms with E-state index in [1.807, 2.05) is 18.4 Å². The predicted molar refractivity (Wildman–Crippen MR) is 73.7 cm³/mol. The summed E-state index contributed by atoms with van der Waals surface area (Å²) in [4.78, 5) is 23.5. The number of rotatable bonds is 6. The summed E-state index contributed by atoms with van der Waals surface area (Å²) >= 11 is 1.59. The van der Waals surface area contributed by atoms with Gasteiger partial charge in [-0.2, -0.15) is 0 Å². The Morgan fingerprint density at radius 1 is 1.37 bits per heavy atom. The van der Waals surface area contributed by atoms with E-state index in [-0.39, 0.29) is 6.61 Å². The van der Waals surface area contributed by atoms with Crippen molar-refractivity contribution in [3.05, 3.63) is 24.3 Å². The molecule has 0 spiro atoms. The number of urea groups is 1. The van der Waals surface area contributed by atoms with Crippen LogP contribution in [-0.4, -0.2) is 43.1 Å². The number of thioether (sulfide) groups is 1. The molecule has 0 radical (unpaired) electrons. The molecule has 0 aliphatic rings. The summed E-state index contributed by atoms with van der Waals surface area (Å²) in [6, 6.07) is 5.57. The van der Waals surface area contributed by atoms with Gasteiger partial charge in [0.15, 0.2) is 6.04 Å². The highest BCUT2D eigenvalue weighted by molar-refractivity contribution is 7.98. The fraction of sp³-hybridized carbons (Fsp3) is 0.333. The zero-order chi connectivity index (χ0) is 14.3. The van der Waals surface area contributed by atoms with Crippen molar-refractivity contribution in [2.75, 3.05) is 25.3 Å². The molecule has 0 aromatic heterocycles. The first-order valence-corrected chi connectivity index (χ1v) is 6.72. The number of carboxylic acids is 1. The Hall–Kier alpha value is -1.73. The van der Waals surface area contributed by atoms with Crippen molar-refractivity contribution < 1.29 is 19.4 Å². The fourth-order valence-electron chi connectivity index (χ4n) is 1.34. The van der Waals surface area contributed by atoms with E-state index in [2.05, 4.69) is 10.6 Å². The molecule has 6 nitrogen and oxygen atoms in total. The minimum Gasteiger partial charge on any atom is -0.480 e. The Bertz CT molecular complexity index is 436. The van der Waals surface area contributed by atoms with Crippen LogP contribution in [0.2, 0.25) is 0 Å². The Kier molecular flexibility index (Phi) is 6.17. The highest BCUT2D eigenvalue weighted by Crippen LogP contribution is 2.17. The molecule has 1 unspecified atom stereocenters. The molecule has 7 heteroatoms. The molecule has 19 heavy (non-hydrogen) atoms. The molecule has 2 amide bonds. The van der Waals surface area contributed by atoms with E-state index in [9.17, 15) is 9.59 Å². The van der Waals surface area contributed by atoms with Gasteiger partial charge in [-0.05, 0) is 30.5 Å². The minimum atomic E-state index is -1.14. The summed E-state index contributed by atoms with van der Waals surface area (Å²) in [7, 11) is 1.37. The molecule has 104 valence electrons. The average Bonchev–Trinajstić information content (AvgIpc) is 2.39. The molecule has 1 atom stereocenters. The third-order valence-electron chi connectivity index (χ3n) is 2.28. The minimum absolute atomic E-state index is 0.0891. The number of ether oxygens (including phenoxy) is 1. The number of hydrogen-bond acceptors (Lipinski definition) is 4. The molecule has 0 saturated heterocycles. The number of anilines is 1. The molecule has 0 saturated carbocycles. The topological polar surface area (TPSA) is 87.7 Å². The average molecular weight is 284 g/mol. The van der Waals surface area contributed by atoms with Gasteiger partial charge in [0, 0.05) is 17.7 Å². The fourth-order valence-corrected chi connectivity index (χ4v) is 1.75. The van der Waals surface area contributed by atoms with Crippen molar-refractivity contribution in [2.45, 2.75) is 10.9 Å². The Morgan fingerprint density at radius 3 is 2.47 bits per heavy atom. The number of benzene rings is 1. The Morgan fingerprint density at radius 2 is 2.00 bits per heavy atom. The van der Waals surface area contributed by atoms with E-state index in [0.717, 1.165) is 4.90 Å². The second-order valence-electron chi connectivity index (χ2n) is 3.67. The molecule has 0 aliphatic heterocycles. The van der Waals surface area contributed by atoms with Crippen molar-refractivity contribution in [1.29, 1.82) is 0 Å². The first-order valence-electron chi connectivity index (χ1n) is 5.50. The summed E-state index contributed by atoms with van der Waals surface area (Å²) in [6.07, 6.45) is 1.96. The van der Waals surface area contributed by atoms with Crippen LogP contribution in [0.1, 0.15) is 0 Å². The smallest absolute Gasteiger partial charge is 0.328 e. The zero-order valence-corrected chi connectivity index (χ0v) is 11.5. The predicted octanol–water partition coefficient (Wildman–Crippen LogP) is 1.63. The highest BCUT2D eigenvalue weighted by atomic mass is 32.2. The van der Waals surface area contributed by atoms with Gasteiger partial charge in [-0.15, -0.1) is 11.8 Å². The maximum Gasteiger partial charge on any atom is 0.328 e. The number of nitrogens with one attached hydrogen (secondary N) is 2. The second kappa shape index (κ2) is 7.65. The number of aliphatic carboxylic acids is 1. The van der Waals surface area contributed by atoms with E-state index in [0.29, 0.717) is 5.69 Å². The lowest BCUT2D eigenvalue weighted by Crippen LogP contribution is -2.45. The lowest BCUT2D eigenvalue weighted by atomic mass is 10.3. The highest BCUT2D eigenvalue weighted by Gasteiger charge is 2.19. The van der Waals surface area contributed by atoms with Gasteiger partial charge in [-0.25, -0.2) is 9.59 Å². The number of methoxy groups -OCH3 is 1. The lowest BCUT2D eigenvalue weighted by molar-refractivity contribution is -0.140. The Labute approximate surface area is 115 Å². The van der Waals surface area contributed by atoms with Crippen LogP contribution in [0.3, 0.4) is 0 Å². The van der Waals surface area contributed by atoms with Crippen LogP contribution < -0.4 is 10.6 Å². The quantitative estimate of drug-likeness (QED) is 0.691. The molecule has 0 heterocycles. The zero-order valence-electron chi connectivity index (χ0n) is 10.7. The van der Waals surface area contributed by atoms with Crippen LogP contribution in [0, 0.1) is 0 Å². The van der Waals surface area contributed by atoms with Crippen LogP contribution in [0.25, 0.3) is 0 Å². The summed E-state index contributed by atoms with van der Waals surface area (Å²) in [5.41, 5.74) is 0.594. The molecule has 3 N–H and O–H groups in total. The van der Waals surface area contributed by atoms with Crippen molar-refractivity contribution >= 4 is 29.4 Å². The SMILES string of the molecule is COCC(NC(=O)Nc1ccc(SC)cc1)C(=O)O. The van der Waals surface area contributed by atoms with Crippen LogP contribution in [0.15, 0.2) is 29.2 Å². The van der Waals surface area contributed by atoms with Gasteiger partial charge in [0.05, 0.1) is 6.61 Å². The number of carbonyl (C=O) groups is 2. The Balaban J connectivity index is 2.55. The molecule has 1 aromatic rings.